The number of hydrogen-bond donors (Lipinski definition) is 2. The molecule has 1 atom stereocenters. The number of aromatic nitrogens is 3. The molecule has 0 fully saturated rings. The molecule has 8 heteroatoms. The average molecular weight is 388 g/mol. The van der Waals surface area contributed by atoms with Crippen LogP contribution in [0.2, 0.25) is 0 Å². The molecule has 0 saturated carbocycles. The molecule has 2 aromatic heterocycles. The van der Waals surface area contributed by atoms with Crippen LogP contribution in [0.1, 0.15) is 11.6 Å². The maximum Gasteiger partial charge on any atom is 0.230 e. The fraction of sp³-hybridized carbons (Fsp3) is 0.278. The molecule has 0 aliphatic carbocycles. The van der Waals surface area contributed by atoms with Crippen molar-refractivity contribution >= 4 is 29.0 Å². The molecule has 0 spiro atoms. The van der Waals surface area contributed by atoms with Crippen LogP contribution in [-0.4, -0.2) is 52.4 Å². The molecule has 1 amide bonds. The first-order valence-electron chi connectivity index (χ1n) is 8.20. The van der Waals surface area contributed by atoms with Crippen LogP contribution in [0.3, 0.4) is 0 Å². The third kappa shape index (κ3) is 4.94. The van der Waals surface area contributed by atoms with Gasteiger partial charge in [0.15, 0.2) is 5.82 Å². The minimum atomic E-state index is -0.0275. The standard InChI is InChI=1S/C18H21N5OS2/c1-23(2)14(13-7-4-3-5-8-13)11-19-16(24)12-26-18-20-17(21-22-18)15-9-6-10-25-15/h3-10,14H,11-12H2,1-2H3,(H,19,24)(H,20,21,22)/t14-/m0/s1. The second-order valence-corrected chi connectivity index (χ2v) is 7.82. The SMILES string of the molecule is CN(C)[C@@H](CNC(=O)CSc1n[nH]c(-c2cccs2)n1)c1ccccc1. The molecule has 3 aromatic rings. The molecule has 0 aliphatic heterocycles. The van der Waals surface area contributed by atoms with E-state index in [9.17, 15) is 4.79 Å². The zero-order chi connectivity index (χ0) is 18.4. The van der Waals surface area contributed by atoms with Gasteiger partial charge >= 0.3 is 0 Å². The van der Waals surface area contributed by atoms with Crippen LogP contribution in [0.4, 0.5) is 0 Å². The van der Waals surface area contributed by atoms with E-state index in [1.807, 2.05) is 49.8 Å². The fourth-order valence-corrected chi connectivity index (χ4v) is 3.79. The van der Waals surface area contributed by atoms with Crippen molar-refractivity contribution in [2.24, 2.45) is 0 Å². The smallest absolute Gasteiger partial charge is 0.230 e. The summed E-state index contributed by atoms with van der Waals surface area (Å²) in [6.07, 6.45) is 0. The van der Waals surface area contributed by atoms with Crippen molar-refractivity contribution in [2.45, 2.75) is 11.2 Å². The lowest BCUT2D eigenvalue weighted by Crippen LogP contribution is -2.35. The second-order valence-electron chi connectivity index (χ2n) is 5.93. The quantitative estimate of drug-likeness (QED) is 0.581. The summed E-state index contributed by atoms with van der Waals surface area (Å²) in [5, 5.41) is 12.6. The number of H-pyrrole nitrogens is 1. The largest absolute Gasteiger partial charge is 0.353 e. The third-order valence-electron chi connectivity index (χ3n) is 3.85. The molecular weight excluding hydrogens is 366 g/mol. The molecule has 0 radical (unpaired) electrons. The van der Waals surface area contributed by atoms with E-state index in [-0.39, 0.29) is 17.7 Å². The van der Waals surface area contributed by atoms with Gasteiger partial charge in [-0.15, -0.1) is 16.4 Å². The van der Waals surface area contributed by atoms with Crippen LogP contribution in [-0.2, 0) is 4.79 Å². The Balaban J connectivity index is 1.49. The van der Waals surface area contributed by atoms with Gasteiger partial charge in [0.25, 0.3) is 0 Å². The molecular formula is C18H21N5OS2. The normalized spacial score (nSPS) is 12.3. The lowest BCUT2D eigenvalue weighted by molar-refractivity contribution is -0.118. The lowest BCUT2D eigenvalue weighted by atomic mass is 10.1. The summed E-state index contributed by atoms with van der Waals surface area (Å²) in [7, 11) is 4.02. The van der Waals surface area contributed by atoms with Crippen LogP contribution < -0.4 is 5.32 Å². The van der Waals surface area contributed by atoms with Gasteiger partial charge in [0.1, 0.15) is 0 Å². The van der Waals surface area contributed by atoms with E-state index in [0.717, 1.165) is 10.7 Å². The van der Waals surface area contributed by atoms with Gasteiger partial charge in [-0.05, 0) is 31.1 Å². The number of rotatable bonds is 8. The van der Waals surface area contributed by atoms with Gasteiger partial charge in [0.2, 0.25) is 11.1 Å². The van der Waals surface area contributed by atoms with E-state index in [1.165, 1.54) is 17.3 Å². The molecule has 0 saturated heterocycles. The van der Waals surface area contributed by atoms with Crippen molar-refractivity contribution in [3.8, 4) is 10.7 Å². The van der Waals surface area contributed by atoms with Crippen molar-refractivity contribution in [3.63, 3.8) is 0 Å². The number of thiophene rings is 1. The van der Waals surface area contributed by atoms with Crippen LogP contribution in [0.15, 0.2) is 53.0 Å². The number of thioether (sulfide) groups is 1. The highest BCUT2D eigenvalue weighted by Gasteiger charge is 2.15. The Labute approximate surface area is 161 Å². The van der Waals surface area contributed by atoms with Crippen molar-refractivity contribution in [3.05, 3.63) is 53.4 Å². The number of hydrogen-bond acceptors (Lipinski definition) is 6. The third-order valence-corrected chi connectivity index (χ3v) is 5.58. The van der Waals surface area contributed by atoms with Gasteiger partial charge in [0, 0.05) is 6.54 Å². The minimum Gasteiger partial charge on any atom is -0.353 e. The predicted molar refractivity (Wildman–Crippen MR) is 106 cm³/mol. The topological polar surface area (TPSA) is 73.9 Å². The summed E-state index contributed by atoms with van der Waals surface area (Å²) >= 11 is 2.93. The van der Waals surface area contributed by atoms with Crippen LogP contribution in [0.5, 0.6) is 0 Å². The first-order chi connectivity index (χ1) is 12.6. The van der Waals surface area contributed by atoms with Gasteiger partial charge in [0.05, 0.1) is 16.7 Å². The number of carbonyl (C=O) groups excluding carboxylic acids is 1. The molecule has 6 nitrogen and oxygen atoms in total. The Bertz CT molecular complexity index is 817. The van der Waals surface area contributed by atoms with Crippen LogP contribution in [0, 0.1) is 0 Å². The van der Waals surface area contributed by atoms with Crippen molar-refractivity contribution in [1.82, 2.24) is 25.4 Å². The number of benzene rings is 1. The van der Waals surface area contributed by atoms with E-state index >= 15 is 0 Å². The zero-order valence-electron chi connectivity index (χ0n) is 14.7. The Morgan fingerprint density at radius 1 is 1.27 bits per heavy atom. The molecule has 3 rings (SSSR count). The van der Waals surface area contributed by atoms with Gasteiger partial charge in [-0.25, -0.2) is 4.98 Å². The summed E-state index contributed by atoms with van der Waals surface area (Å²) in [5.41, 5.74) is 1.18. The van der Waals surface area contributed by atoms with Crippen molar-refractivity contribution < 1.29 is 4.79 Å². The van der Waals surface area contributed by atoms with E-state index in [0.29, 0.717) is 11.7 Å². The Morgan fingerprint density at radius 2 is 2.08 bits per heavy atom. The summed E-state index contributed by atoms with van der Waals surface area (Å²) in [5.74, 6) is 0.997. The highest BCUT2D eigenvalue weighted by Crippen LogP contribution is 2.23. The number of likely N-dealkylation sites (N-methyl/N-ethyl adjacent to an activating group) is 1. The number of carbonyl (C=O) groups is 1. The second kappa shape index (κ2) is 8.98. The first-order valence-corrected chi connectivity index (χ1v) is 10.1. The van der Waals surface area contributed by atoms with Crippen LogP contribution in [0.25, 0.3) is 10.7 Å². The zero-order valence-corrected chi connectivity index (χ0v) is 16.3. The number of nitrogens with zero attached hydrogens (tertiary/aromatic N) is 3. The van der Waals surface area contributed by atoms with Gasteiger partial charge in [-0.3, -0.25) is 9.89 Å². The number of aromatic amines is 1. The maximum absolute atomic E-state index is 12.2. The number of nitrogens with one attached hydrogen (secondary N) is 2. The van der Waals surface area contributed by atoms with E-state index in [2.05, 4.69) is 37.5 Å². The summed E-state index contributed by atoms with van der Waals surface area (Å²) < 4.78 is 0. The Morgan fingerprint density at radius 3 is 2.77 bits per heavy atom. The molecule has 136 valence electrons. The van der Waals surface area contributed by atoms with E-state index in [1.54, 1.807) is 11.3 Å². The highest BCUT2D eigenvalue weighted by molar-refractivity contribution is 7.99. The fourth-order valence-electron chi connectivity index (χ4n) is 2.50. The van der Waals surface area contributed by atoms with E-state index in [4.69, 9.17) is 0 Å². The minimum absolute atomic E-state index is 0.0275. The first kappa shape index (κ1) is 18.6. The average Bonchev–Trinajstić information content (AvgIpc) is 3.32. The Kier molecular flexibility index (Phi) is 6.43. The summed E-state index contributed by atoms with van der Waals surface area (Å²) in [6, 6.07) is 14.3. The molecule has 2 N–H and O–H groups in total. The number of amides is 1. The van der Waals surface area contributed by atoms with Gasteiger partial charge in [-0.2, -0.15) is 0 Å². The molecule has 0 aliphatic rings. The van der Waals surface area contributed by atoms with Gasteiger partial charge in [-0.1, -0.05) is 48.2 Å². The molecule has 2 heterocycles. The van der Waals surface area contributed by atoms with Crippen LogP contribution >= 0.6 is 23.1 Å². The Hall–Kier alpha value is -2.16. The molecule has 1 aromatic carbocycles. The molecule has 0 unspecified atom stereocenters. The summed E-state index contributed by atoms with van der Waals surface area (Å²) in [4.78, 5) is 19.7. The highest BCUT2D eigenvalue weighted by atomic mass is 32.2. The summed E-state index contributed by atoms with van der Waals surface area (Å²) in [6.45, 7) is 0.560. The monoisotopic (exact) mass is 387 g/mol. The maximum atomic E-state index is 12.2. The molecule has 26 heavy (non-hydrogen) atoms. The van der Waals surface area contributed by atoms with Crippen molar-refractivity contribution in [2.75, 3.05) is 26.4 Å². The predicted octanol–water partition coefficient (Wildman–Crippen LogP) is 3.04. The van der Waals surface area contributed by atoms with Gasteiger partial charge < -0.3 is 10.2 Å². The molecule has 0 bridgehead atoms. The lowest BCUT2D eigenvalue weighted by Gasteiger charge is -2.25. The van der Waals surface area contributed by atoms with Crippen molar-refractivity contribution in [1.29, 1.82) is 0 Å². The van der Waals surface area contributed by atoms with E-state index < -0.39 is 0 Å².